The van der Waals surface area contributed by atoms with E-state index >= 15 is 0 Å². The predicted octanol–water partition coefficient (Wildman–Crippen LogP) is 5.04. The summed E-state index contributed by atoms with van der Waals surface area (Å²) < 4.78 is 0. The molecule has 5 rings (SSSR count). The Labute approximate surface area is 210 Å². The van der Waals surface area contributed by atoms with Gasteiger partial charge in [-0.15, -0.1) is 0 Å². The molecule has 3 aliphatic rings. The standard InChI is InChI=1S/C30H41N3O2/c1-22(30(35,25-8-4-2-5-9-25)26-10-6-3-7-11-26)31-29(34)32-27-15-12-23(13-16-27)18-19-33-21-24-14-17-28(33)20-24/h2-11,22-24,27-28,35H,12-21H2,1H3,(H2,31,32,34)/t22-,23?,24-,27?,28+/m1/s1. The number of fused-ring (bicyclic) bond motifs is 2. The van der Waals surface area contributed by atoms with Crippen LogP contribution < -0.4 is 10.6 Å². The first-order valence-electron chi connectivity index (χ1n) is 13.7. The number of hydrogen-bond acceptors (Lipinski definition) is 3. The van der Waals surface area contributed by atoms with Crippen molar-refractivity contribution in [2.75, 3.05) is 13.1 Å². The maximum atomic E-state index is 12.9. The average molecular weight is 476 g/mol. The summed E-state index contributed by atoms with van der Waals surface area (Å²) in [5.74, 6) is 1.76. The van der Waals surface area contributed by atoms with Crippen molar-refractivity contribution in [3.05, 3.63) is 71.8 Å². The Hall–Kier alpha value is -2.37. The second-order valence-electron chi connectivity index (χ2n) is 11.2. The van der Waals surface area contributed by atoms with Gasteiger partial charge in [0.1, 0.15) is 5.60 Å². The number of amides is 2. The van der Waals surface area contributed by atoms with Gasteiger partial charge in [-0.2, -0.15) is 0 Å². The third-order valence-corrected chi connectivity index (χ3v) is 8.93. The van der Waals surface area contributed by atoms with Crippen LogP contribution in [0.3, 0.4) is 0 Å². The van der Waals surface area contributed by atoms with Gasteiger partial charge in [-0.05, 0) is 87.8 Å². The van der Waals surface area contributed by atoms with Gasteiger partial charge in [-0.1, -0.05) is 60.7 Å². The molecular formula is C30H41N3O2. The molecule has 0 aromatic heterocycles. The Morgan fingerprint density at radius 1 is 0.971 bits per heavy atom. The molecule has 0 radical (unpaired) electrons. The lowest BCUT2D eigenvalue weighted by atomic mass is 9.81. The maximum Gasteiger partial charge on any atom is 0.315 e. The predicted molar refractivity (Wildman–Crippen MR) is 140 cm³/mol. The molecule has 2 aliphatic carbocycles. The van der Waals surface area contributed by atoms with Crippen molar-refractivity contribution in [2.24, 2.45) is 11.8 Å². The van der Waals surface area contributed by atoms with Gasteiger partial charge in [0.15, 0.2) is 0 Å². The molecular weight excluding hydrogens is 434 g/mol. The summed E-state index contributed by atoms with van der Waals surface area (Å²) in [4.78, 5) is 15.7. The van der Waals surface area contributed by atoms with E-state index in [0.29, 0.717) is 0 Å². The first-order chi connectivity index (χ1) is 17.0. The first kappa shape index (κ1) is 24.3. The average Bonchev–Trinajstić information content (AvgIpc) is 3.52. The number of piperidine rings is 1. The number of nitrogens with one attached hydrogen (secondary N) is 2. The highest BCUT2D eigenvalue weighted by atomic mass is 16.3. The minimum absolute atomic E-state index is 0.195. The zero-order chi connectivity index (χ0) is 24.3. The third kappa shape index (κ3) is 5.41. The summed E-state index contributed by atoms with van der Waals surface area (Å²) in [7, 11) is 0. The number of rotatable bonds is 8. The van der Waals surface area contributed by atoms with Crippen molar-refractivity contribution >= 4 is 6.03 Å². The highest BCUT2D eigenvalue weighted by Crippen LogP contribution is 2.38. The number of nitrogens with zero attached hydrogens (tertiary/aromatic N) is 1. The second kappa shape index (κ2) is 10.7. The van der Waals surface area contributed by atoms with Crippen molar-refractivity contribution in [3.8, 4) is 0 Å². The van der Waals surface area contributed by atoms with Gasteiger partial charge in [0.25, 0.3) is 0 Å². The fourth-order valence-corrected chi connectivity index (χ4v) is 6.82. The molecule has 5 heteroatoms. The van der Waals surface area contributed by atoms with Gasteiger partial charge in [-0.3, -0.25) is 0 Å². The van der Waals surface area contributed by atoms with Crippen LogP contribution in [-0.2, 0) is 5.60 Å². The number of hydrogen-bond donors (Lipinski definition) is 3. The SMILES string of the molecule is C[C@@H](NC(=O)NC1CCC(CCN2C[C@@H]3CC[C@H]2C3)CC1)C(O)(c1ccccc1)c1ccccc1. The molecule has 1 saturated heterocycles. The van der Waals surface area contributed by atoms with Crippen LogP contribution in [0.4, 0.5) is 4.79 Å². The Bertz CT molecular complexity index is 919. The summed E-state index contributed by atoms with van der Waals surface area (Å²) in [5, 5.41) is 18.1. The molecule has 1 heterocycles. The van der Waals surface area contributed by atoms with Crippen LogP contribution in [-0.4, -0.2) is 47.3 Å². The second-order valence-corrected chi connectivity index (χ2v) is 11.2. The Balaban J connectivity index is 1.12. The molecule has 1 aliphatic heterocycles. The van der Waals surface area contributed by atoms with Gasteiger partial charge >= 0.3 is 6.03 Å². The summed E-state index contributed by atoms with van der Waals surface area (Å²) in [6.45, 7) is 4.47. The van der Waals surface area contributed by atoms with Crippen LogP contribution in [0.2, 0.25) is 0 Å². The summed E-state index contributed by atoms with van der Waals surface area (Å²) >= 11 is 0. The maximum absolute atomic E-state index is 12.9. The zero-order valence-electron chi connectivity index (χ0n) is 21.0. The van der Waals surface area contributed by atoms with Gasteiger partial charge in [0.2, 0.25) is 0 Å². The number of carbonyl (C=O) groups is 1. The smallest absolute Gasteiger partial charge is 0.315 e. The molecule has 2 aromatic rings. The van der Waals surface area contributed by atoms with Gasteiger partial charge in [0.05, 0.1) is 6.04 Å². The molecule has 2 bridgehead atoms. The van der Waals surface area contributed by atoms with E-state index in [1.165, 1.54) is 51.6 Å². The molecule has 3 N–H and O–H groups in total. The first-order valence-corrected chi connectivity index (χ1v) is 13.7. The molecule has 5 nitrogen and oxygen atoms in total. The van der Waals surface area contributed by atoms with Crippen molar-refractivity contribution in [3.63, 3.8) is 0 Å². The van der Waals surface area contributed by atoms with Gasteiger partial charge in [-0.25, -0.2) is 4.79 Å². The van der Waals surface area contributed by atoms with E-state index in [1.54, 1.807) is 0 Å². The fourth-order valence-electron chi connectivity index (χ4n) is 6.82. The summed E-state index contributed by atoms with van der Waals surface area (Å²) in [6.07, 6.45) is 10.1. The monoisotopic (exact) mass is 475 g/mol. The van der Waals surface area contributed by atoms with Crippen LogP contribution in [0.25, 0.3) is 0 Å². The minimum atomic E-state index is -1.31. The molecule has 2 amide bonds. The van der Waals surface area contributed by atoms with E-state index in [0.717, 1.165) is 41.8 Å². The van der Waals surface area contributed by atoms with E-state index in [9.17, 15) is 9.90 Å². The van der Waals surface area contributed by atoms with Crippen molar-refractivity contribution in [1.82, 2.24) is 15.5 Å². The van der Waals surface area contributed by atoms with Gasteiger partial charge < -0.3 is 20.6 Å². The summed E-state index contributed by atoms with van der Waals surface area (Å²) in [6, 6.07) is 19.6. The van der Waals surface area contributed by atoms with Crippen molar-refractivity contribution in [2.45, 2.75) is 82.0 Å². The highest BCUT2D eigenvalue weighted by Gasteiger charge is 2.39. The quantitative estimate of drug-likeness (QED) is 0.501. The van der Waals surface area contributed by atoms with E-state index in [1.807, 2.05) is 67.6 Å². The molecule has 2 saturated carbocycles. The molecule has 2 aromatic carbocycles. The lowest BCUT2D eigenvalue weighted by molar-refractivity contribution is 0.0470. The molecule has 188 valence electrons. The van der Waals surface area contributed by atoms with Crippen LogP contribution in [0.5, 0.6) is 0 Å². The highest BCUT2D eigenvalue weighted by molar-refractivity contribution is 5.75. The van der Waals surface area contributed by atoms with E-state index in [-0.39, 0.29) is 12.1 Å². The zero-order valence-corrected chi connectivity index (χ0v) is 21.0. The molecule has 35 heavy (non-hydrogen) atoms. The van der Waals surface area contributed by atoms with E-state index < -0.39 is 11.6 Å². The van der Waals surface area contributed by atoms with Gasteiger partial charge in [0, 0.05) is 18.6 Å². The number of aliphatic hydroxyl groups is 1. The molecule has 3 atom stereocenters. The molecule has 3 fully saturated rings. The number of carbonyl (C=O) groups excluding carboxylic acids is 1. The normalized spacial score (nSPS) is 27.5. The van der Waals surface area contributed by atoms with Crippen LogP contribution in [0.1, 0.15) is 69.4 Å². The van der Waals surface area contributed by atoms with E-state index in [4.69, 9.17) is 0 Å². The fraction of sp³-hybridized carbons (Fsp3) is 0.567. The minimum Gasteiger partial charge on any atom is -0.378 e. The van der Waals surface area contributed by atoms with Crippen molar-refractivity contribution < 1.29 is 9.90 Å². The van der Waals surface area contributed by atoms with Crippen LogP contribution in [0.15, 0.2) is 60.7 Å². The Morgan fingerprint density at radius 2 is 1.60 bits per heavy atom. The third-order valence-electron chi connectivity index (χ3n) is 8.93. The topological polar surface area (TPSA) is 64.6 Å². The van der Waals surface area contributed by atoms with Crippen LogP contribution in [0, 0.1) is 11.8 Å². The van der Waals surface area contributed by atoms with E-state index in [2.05, 4.69) is 15.5 Å². The number of urea groups is 1. The Kier molecular flexibility index (Phi) is 7.45. The van der Waals surface area contributed by atoms with Crippen molar-refractivity contribution in [1.29, 1.82) is 0 Å². The lowest BCUT2D eigenvalue weighted by Crippen LogP contribution is -2.54. The number of likely N-dealkylation sites (tertiary alicyclic amines) is 1. The largest absolute Gasteiger partial charge is 0.378 e. The summed E-state index contributed by atoms with van der Waals surface area (Å²) in [5.41, 5.74) is 0.225. The number of benzene rings is 2. The van der Waals surface area contributed by atoms with Crippen LogP contribution >= 0.6 is 0 Å². The molecule has 0 unspecified atom stereocenters. The lowest BCUT2D eigenvalue weighted by Gasteiger charge is -2.36. The Morgan fingerprint density at radius 3 is 2.14 bits per heavy atom. The molecule has 0 spiro atoms.